The summed E-state index contributed by atoms with van der Waals surface area (Å²) in [5.74, 6) is 0.436. The lowest BCUT2D eigenvalue weighted by atomic mass is 9.77. The molecule has 6 nitrogen and oxygen atoms in total. The van der Waals surface area contributed by atoms with Crippen molar-refractivity contribution in [3.05, 3.63) is 0 Å². The van der Waals surface area contributed by atoms with Crippen LogP contribution < -0.4 is 5.73 Å². The Morgan fingerprint density at radius 3 is 2.41 bits per heavy atom. The van der Waals surface area contributed by atoms with Gasteiger partial charge in [-0.05, 0) is 18.8 Å². The molecule has 0 aromatic heterocycles. The molecule has 17 heavy (non-hydrogen) atoms. The first-order valence-electron chi connectivity index (χ1n) is 6.07. The molecule has 2 aliphatic heterocycles. The molecule has 2 fully saturated rings. The predicted octanol–water partition coefficient (Wildman–Crippen LogP) is 0.816. The average Bonchev–Trinajstić information content (AvgIpc) is 2.90. The molecular formula is C11H17N3O3. The van der Waals surface area contributed by atoms with Gasteiger partial charge in [0, 0.05) is 12.8 Å². The second-order valence-corrected chi connectivity index (χ2v) is 4.89. The number of ether oxygens (including phenoxy) is 2. The third-order valence-corrected chi connectivity index (χ3v) is 3.93. The first-order valence-corrected chi connectivity index (χ1v) is 6.07. The van der Waals surface area contributed by atoms with Crippen molar-refractivity contribution in [3.8, 4) is 0 Å². The van der Waals surface area contributed by atoms with E-state index >= 15 is 0 Å². The van der Waals surface area contributed by atoms with Crippen LogP contribution in [-0.2, 0) is 14.3 Å². The Balaban J connectivity index is 1.65. The first kappa shape index (κ1) is 11.0. The van der Waals surface area contributed by atoms with Gasteiger partial charge in [0.25, 0.3) is 0 Å². The third kappa shape index (κ3) is 1.81. The van der Waals surface area contributed by atoms with Gasteiger partial charge in [0.15, 0.2) is 11.6 Å². The highest BCUT2D eigenvalue weighted by Crippen LogP contribution is 2.41. The van der Waals surface area contributed by atoms with Gasteiger partial charge in [-0.2, -0.15) is 0 Å². The van der Waals surface area contributed by atoms with Crippen LogP contribution in [0.1, 0.15) is 25.7 Å². The van der Waals surface area contributed by atoms with Crippen LogP contribution in [0.25, 0.3) is 0 Å². The minimum atomic E-state index is -0.357. The average molecular weight is 239 g/mol. The Morgan fingerprint density at radius 1 is 1.24 bits per heavy atom. The number of nitrogens with zero attached hydrogens (tertiary/aromatic N) is 1. The Labute approximate surface area is 99.6 Å². The fourth-order valence-electron chi connectivity index (χ4n) is 3.00. The predicted molar refractivity (Wildman–Crippen MR) is 60.5 cm³/mol. The Hall–Kier alpha value is -1.14. The van der Waals surface area contributed by atoms with Crippen LogP contribution in [0.3, 0.4) is 0 Å². The molecule has 3 N–H and O–H groups in total. The van der Waals surface area contributed by atoms with Crippen LogP contribution in [0.4, 0.5) is 0 Å². The molecule has 1 spiro atoms. The van der Waals surface area contributed by atoms with Crippen molar-refractivity contribution >= 4 is 11.7 Å². The summed E-state index contributed by atoms with van der Waals surface area (Å²) in [5, 5.41) is 11.4. The molecule has 2 heterocycles. The standard InChI is InChI=1S/C11H17N3O3/c12-9-8(10(13)17-14-9)7-1-3-11(4-2-7)15-5-6-16-11/h7-8,13H,1-6H2,(H2,12,14). The molecule has 0 aromatic carbocycles. The Morgan fingerprint density at radius 2 is 1.88 bits per heavy atom. The lowest BCUT2D eigenvalue weighted by Crippen LogP contribution is -2.40. The summed E-state index contributed by atoms with van der Waals surface area (Å²) in [6.45, 7) is 1.38. The molecular weight excluding hydrogens is 222 g/mol. The van der Waals surface area contributed by atoms with E-state index < -0.39 is 0 Å². The number of amidine groups is 1. The second kappa shape index (κ2) is 3.96. The zero-order valence-corrected chi connectivity index (χ0v) is 9.65. The number of nitrogens with one attached hydrogen (secondary N) is 1. The molecule has 1 saturated carbocycles. The van der Waals surface area contributed by atoms with Gasteiger partial charge < -0.3 is 20.0 Å². The SMILES string of the molecule is N=C1ON=C(N)C1C1CCC2(CC1)OCCO2. The maximum absolute atomic E-state index is 7.69. The maximum Gasteiger partial charge on any atom is 0.228 e. The summed E-state index contributed by atoms with van der Waals surface area (Å²) in [6, 6.07) is 0. The molecule has 94 valence electrons. The van der Waals surface area contributed by atoms with Gasteiger partial charge in [-0.3, -0.25) is 5.41 Å². The van der Waals surface area contributed by atoms with Crippen LogP contribution in [0.2, 0.25) is 0 Å². The van der Waals surface area contributed by atoms with Crippen molar-refractivity contribution < 1.29 is 14.3 Å². The van der Waals surface area contributed by atoms with Gasteiger partial charge in [0.05, 0.1) is 13.2 Å². The molecule has 1 saturated heterocycles. The van der Waals surface area contributed by atoms with Crippen LogP contribution >= 0.6 is 0 Å². The van der Waals surface area contributed by atoms with Crippen molar-refractivity contribution in [1.29, 1.82) is 5.41 Å². The van der Waals surface area contributed by atoms with E-state index in [1.54, 1.807) is 0 Å². The number of hydrogen-bond acceptors (Lipinski definition) is 6. The maximum atomic E-state index is 7.69. The number of nitrogens with two attached hydrogens (primary N) is 1. The van der Waals surface area contributed by atoms with Gasteiger partial charge in [-0.25, -0.2) is 0 Å². The van der Waals surface area contributed by atoms with E-state index in [-0.39, 0.29) is 17.6 Å². The largest absolute Gasteiger partial charge is 0.384 e. The molecule has 3 rings (SSSR count). The summed E-state index contributed by atoms with van der Waals surface area (Å²) in [4.78, 5) is 4.83. The summed E-state index contributed by atoms with van der Waals surface area (Å²) < 4.78 is 11.4. The minimum Gasteiger partial charge on any atom is -0.384 e. The molecule has 1 aliphatic carbocycles. The van der Waals surface area contributed by atoms with Crippen LogP contribution in [0.5, 0.6) is 0 Å². The van der Waals surface area contributed by atoms with Crippen molar-refractivity contribution in [2.75, 3.05) is 13.2 Å². The lowest BCUT2D eigenvalue weighted by Gasteiger charge is -2.36. The van der Waals surface area contributed by atoms with Crippen LogP contribution in [0, 0.1) is 17.2 Å². The first-order chi connectivity index (χ1) is 8.20. The van der Waals surface area contributed by atoms with Crippen LogP contribution in [-0.4, -0.2) is 30.7 Å². The fraction of sp³-hybridized carbons (Fsp3) is 0.818. The highest BCUT2D eigenvalue weighted by molar-refractivity contribution is 6.04. The molecule has 0 bridgehead atoms. The Bertz CT molecular complexity index is 353. The molecule has 1 unspecified atom stereocenters. The van der Waals surface area contributed by atoms with Crippen molar-refractivity contribution in [1.82, 2.24) is 0 Å². The quantitative estimate of drug-likeness (QED) is 0.708. The van der Waals surface area contributed by atoms with E-state index in [0.717, 1.165) is 25.7 Å². The van der Waals surface area contributed by atoms with E-state index in [0.29, 0.717) is 25.0 Å². The van der Waals surface area contributed by atoms with Gasteiger partial charge in [0.1, 0.15) is 5.92 Å². The summed E-state index contributed by atoms with van der Waals surface area (Å²) >= 11 is 0. The van der Waals surface area contributed by atoms with E-state index in [1.165, 1.54) is 0 Å². The van der Waals surface area contributed by atoms with Gasteiger partial charge in [0.2, 0.25) is 5.90 Å². The third-order valence-electron chi connectivity index (χ3n) is 3.93. The highest BCUT2D eigenvalue weighted by atomic mass is 16.7. The normalized spacial score (nSPS) is 32.8. The van der Waals surface area contributed by atoms with Gasteiger partial charge in [-0.15, -0.1) is 0 Å². The summed E-state index contributed by atoms with van der Waals surface area (Å²) in [5.41, 5.74) is 5.77. The van der Waals surface area contributed by atoms with Crippen molar-refractivity contribution in [3.63, 3.8) is 0 Å². The molecule has 3 aliphatic rings. The summed E-state index contributed by atoms with van der Waals surface area (Å²) in [6.07, 6.45) is 3.61. The number of rotatable bonds is 1. The van der Waals surface area contributed by atoms with Gasteiger partial charge in [-0.1, -0.05) is 5.16 Å². The number of oxime groups is 1. The van der Waals surface area contributed by atoms with Crippen LogP contribution in [0.15, 0.2) is 5.16 Å². The topological polar surface area (TPSA) is 89.9 Å². The molecule has 0 aromatic rings. The van der Waals surface area contributed by atoms with Gasteiger partial charge >= 0.3 is 0 Å². The number of hydrogen-bond donors (Lipinski definition) is 2. The fourth-order valence-corrected chi connectivity index (χ4v) is 3.00. The summed E-state index contributed by atoms with van der Waals surface area (Å²) in [7, 11) is 0. The second-order valence-electron chi connectivity index (χ2n) is 4.89. The van der Waals surface area contributed by atoms with E-state index in [4.69, 9.17) is 25.5 Å². The highest BCUT2D eigenvalue weighted by Gasteiger charge is 2.45. The molecule has 6 heteroatoms. The van der Waals surface area contributed by atoms with Crippen molar-refractivity contribution in [2.45, 2.75) is 31.5 Å². The molecule has 1 atom stereocenters. The van der Waals surface area contributed by atoms with E-state index in [2.05, 4.69) is 5.16 Å². The molecule has 0 radical (unpaired) electrons. The monoisotopic (exact) mass is 239 g/mol. The zero-order chi connectivity index (χ0) is 11.9. The van der Waals surface area contributed by atoms with E-state index in [9.17, 15) is 0 Å². The lowest BCUT2D eigenvalue weighted by molar-refractivity contribution is -0.183. The minimum absolute atomic E-state index is 0.145. The van der Waals surface area contributed by atoms with E-state index in [1.807, 2.05) is 0 Å². The Kier molecular flexibility index (Phi) is 2.56. The molecule has 0 amide bonds. The smallest absolute Gasteiger partial charge is 0.228 e. The van der Waals surface area contributed by atoms with Crippen molar-refractivity contribution in [2.24, 2.45) is 22.7 Å². The zero-order valence-electron chi connectivity index (χ0n) is 9.65.